The van der Waals surface area contributed by atoms with Crippen LogP contribution in [-0.2, 0) is 10.0 Å². The number of anilines is 2. The Kier molecular flexibility index (Phi) is 3.82. The Morgan fingerprint density at radius 2 is 2.05 bits per heavy atom. The molecule has 0 unspecified atom stereocenters. The molecule has 2 rings (SSSR count). The summed E-state index contributed by atoms with van der Waals surface area (Å²) in [5.41, 5.74) is 6.24. The van der Waals surface area contributed by atoms with E-state index in [0.717, 1.165) is 12.1 Å². The Hall–Kier alpha value is -1.86. The van der Waals surface area contributed by atoms with Crippen molar-refractivity contribution in [2.75, 3.05) is 10.5 Å². The average molecular weight is 316 g/mol. The smallest absolute Gasteiger partial charge is 0.264 e. The van der Waals surface area contributed by atoms with Gasteiger partial charge in [-0.2, -0.15) is 0 Å². The molecule has 0 radical (unpaired) electrons. The first-order valence-electron chi connectivity index (χ1n) is 5.50. The number of hydrogen-bond acceptors (Lipinski definition) is 4. The van der Waals surface area contributed by atoms with Gasteiger partial charge in [-0.3, -0.25) is 4.72 Å². The number of nitrogens with two attached hydrogens (primary N) is 1. The maximum Gasteiger partial charge on any atom is 0.264 e. The van der Waals surface area contributed by atoms with Crippen LogP contribution in [0.15, 0.2) is 35.4 Å². The van der Waals surface area contributed by atoms with Crippen molar-refractivity contribution < 1.29 is 12.8 Å². The molecule has 0 fully saturated rings. The van der Waals surface area contributed by atoms with Gasteiger partial charge in [0.05, 0.1) is 11.4 Å². The molecule has 5 nitrogen and oxygen atoms in total. The number of benzene rings is 1. The molecule has 2 aromatic rings. The quantitative estimate of drug-likeness (QED) is 0.673. The second-order valence-corrected chi connectivity index (χ2v) is 6.09. The molecule has 0 atom stereocenters. The van der Waals surface area contributed by atoms with Gasteiger partial charge in [-0.15, -0.1) is 0 Å². The van der Waals surface area contributed by atoms with E-state index in [1.165, 1.54) is 12.3 Å². The highest BCUT2D eigenvalue weighted by Gasteiger charge is 2.20. The summed E-state index contributed by atoms with van der Waals surface area (Å²) in [5.74, 6) is -0.700. The number of rotatable bonds is 3. The van der Waals surface area contributed by atoms with Gasteiger partial charge in [0, 0.05) is 6.20 Å². The van der Waals surface area contributed by atoms with E-state index in [1.54, 1.807) is 13.0 Å². The molecule has 0 saturated heterocycles. The van der Waals surface area contributed by atoms with Crippen molar-refractivity contribution in [2.45, 2.75) is 11.8 Å². The number of nitrogens with zero attached hydrogens (tertiary/aromatic N) is 1. The van der Waals surface area contributed by atoms with E-state index in [9.17, 15) is 12.8 Å². The van der Waals surface area contributed by atoms with Crippen molar-refractivity contribution in [3.8, 4) is 0 Å². The highest BCUT2D eigenvalue weighted by atomic mass is 35.5. The molecule has 0 aliphatic heterocycles. The van der Waals surface area contributed by atoms with Gasteiger partial charge in [0.25, 0.3) is 10.0 Å². The zero-order chi connectivity index (χ0) is 14.9. The van der Waals surface area contributed by atoms with E-state index in [1.807, 2.05) is 0 Å². The molecule has 0 aliphatic carbocycles. The average Bonchev–Trinajstić information content (AvgIpc) is 2.37. The van der Waals surface area contributed by atoms with E-state index in [0.29, 0.717) is 5.56 Å². The number of hydrogen-bond donors (Lipinski definition) is 2. The molecule has 1 aromatic heterocycles. The number of sulfonamides is 1. The SMILES string of the molecule is Cc1ccnc(Cl)c1NS(=O)(=O)c1cc(F)ccc1N. The third-order valence-corrected chi connectivity index (χ3v) is 4.31. The van der Waals surface area contributed by atoms with Crippen LogP contribution in [0, 0.1) is 12.7 Å². The number of aromatic nitrogens is 1. The maximum atomic E-state index is 13.2. The predicted molar refractivity (Wildman–Crippen MR) is 75.6 cm³/mol. The van der Waals surface area contributed by atoms with Crippen LogP contribution in [0.1, 0.15) is 5.56 Å². The molecular weight excluding hydrogens is 305 g/mol. The van der Waals surface area contributed by atoms with Crippen LogP contribution in [-0.4, -0.2) is 13.4 Å². The second-order valence-electron chi connectivity index (χ2n) is 4.08. The van der Waals surface area contributed by atoms with Gasteiger partial charge in [0.1, 0.15) is 10.7 Å². The van der Waals surface area contributed by atoms with Crippen LogP contribution in [0.5, 0.6) is 0 Å². The Morgan fingerprint density at radius 3 is 2.70 bits per heavy atom. The zero-order valence-electron chi connectivity index (χ0n) is 10.4. The summed E-state index contributed by atoms with van der Waals surface area (Å²) in [4.78, 5) is 3.44. The summed E-state index contributed by atoms with van der Waals surface area (Å²) in [7, 11) is -4.05. The first-order valence-corrected chi connectivity index (χ1v) is 7.36. The molecule has 0 bridgehead atoms. The Bertz CT molecular complexity index is 745. The standard InChI is InChI=1S/C12H11ClFN3O2S/c1-7-4-5-16-12(13)11(7)17-20(18,19)10-6-8(14)2-3-9(10)15/h2-6,17H,15H2,1H3. The third-order valence-electron chi connectivity index (χ3n) is 2.61. The van der Waals surface area contributed by atoms with Crippen molar-refractivity contribution in [1.82, 2.24) is 4.98 Å². The molecule has 0 spiro atoms. The highest BCUT2D eigenvalue weighted by molar-refractivity contribution is 7.92. The van der Waals surface area contributed by atoms with Gasteiger partial charge >= 0.3 is 0 Å². The molecule has 0 saturated carbocycles. The molecule has 0 amide bonds. The largest absolute Gasteiger partial charge is 0.398 e. The number of aryl methyl sites for hydroxylation is 1. The predicted octanol–water partition coefficient (Wildman–Crippen LogP) is 2.57. The fraction of sp³-hybridized carbons (Fsp3) is 0.0833. The number of pyridine rings is 1. The van der Waals surface area contributed by atoms with Crippen molar-refractivity contribution in [2.24, 2.45) is 0 Å². The van der Waals surface area contributed by atoms with Gasteiger partial charge < -0.3 is 5.73 Å². The summed E-state index contributed by atoms with van der Waals surface area (Å²) >= 11 is 5.85. The second kappa shape index (κ2) is 5.26. The lowest BCUT2D eigenvalue weighted by atomic mass is 10.3. The number of halogens is 2. The molecule has 1 heterocycles. The lowest BCUT2D eigenvalue weighted by molar-refractivity contribution is 0.596. The fourth-order valence-electron chi connectivity index (χ4n) is 1.58. The van der Waals surface area contributed by atoms with Crippen LogP contribution in [0.2, 0.25) is 5.15 Å². The van der Waals surface area contributed by atoms with Crippen LogP contribution in [0.4, 0.5) is 15.8 Å². The minimum Gasteiger partial charge on any atom is -0.398 e. The van der Waals surface area contributed by atoms with Crippen molar-refractivity contribution >= 4 is 33.0 Å². The summed E-state index contributed by atoms with van der Waals surface area (Å²) in [6.45, 7) is 1.67. The zero-order valence-corrected chi connectivity index (χ0v) is 12.0. The summed E-state index contributed by atoms with van der Waals surface area (Å²) < 4.78 is 39.9. The fourth-order valence-corrected chi connectivity index (χ4v) is 3.17. The summed E-state index contributed by atoms with van der Waals surface area (Å²) in [5, 5.41) is 0.00329. The van der Waals surface area contributed by atoms with E-state index in [-0.39, 0.29) is 21.4 Å². The van der Waals surface area contributed by atoms with E-state index < -0.39 is 15.8 Å². The third kappa shape index (κ3) is 2.83. The molecule has 106 valence electrons. The van der Waals surface area contributed by atoms with Crippen LogP contribution < -0.4 is 10.5 Å². The van der Waals surface area contributed by atoms with Gasteiger partial charge in [0.15, 0.2) is 5.15 Å². The Morgan fingerprint density at radius 1 is 1.35 bits per heavy atom. The molecule has 3 N–H and O–H groups in total. The topological polar surface area (TPSA) is 85.1 Å². The van der Waals surface area contributed by atoms with Crippen LogP contribution in [0.25, 0.3) is 0 Å². The first kappa shape index (κ1) is 14.5. The van der Waals surface area contributed by atoms with Gasteiger partial charge in [0.2, 0.25) is 0 Å². The van der Waals surface area contributed by atoms with E-state index in [4.69, 9.17) is 17.3 Å². The van der Waals surface area contributed by atoms with Gasteiger partial charge in [-0.1, -0.05) is 11.6 Å². The monoisotopic (exact) mass is 315 g/mol. The number of nitrogens with one attached hydrogen (secondary N) is 1. The molecule has 1 aromatic carbocycles. The first-order chi connectivity index (χ1) is 9.31. The highest BCUT2D eigenvalue weighted by Crippen LogP contribution is 2.28. The Balaban J connectivity index is 2.49. The van der Waals surface area contributed by atoms with Crippen molar-refractivity contribution in [1.29, 1.82) is 0 Å². The van der Waals surface area contributed by atoms with Gasteiger partial charge in [-0.25, -0.2) is 17.8 Å². The normalized spacial score (nSPS) is 11.3. The Labute approximate surface area is 120 Å². The summed E-state index contributed by atoms with van der Waals surface area (Å²) in [6.07, 6.45) is 1.45. The van der Waals surface area contributed by atoms with Gasteiger partial charge in [-0.05, 0) is 36.8 Å². The van der Waals surface area contributed by atoms with Crippen LogP contribution >= 0.6 is 11.6 Å². The van der Waals surface area contributed by atoms with E-state index >= 15 is 0 Å². The lowest BCUT2D eigenvalue weighted by Crippen LogP contribution is -2.16. The molecule has 0 aliphatic rings. The summed E-state index contributed by atoms with van der Waals surface area (Å²) in [6, 6.07) is 4.70. The van der Waals surface area contributed by atoms with Crippen LogP contribution in [0.3, 0.4) is 0 Å². The minimum absolute atomic E-state index is 0.00329. The maximum absolute atomic E-state index is 13.2. The van der Waals surface area contributed by atoms with Crippen molar-refractivity contribution in [3.63, 3.8) is 0 Å². The van der Waals surface area contributed by atoms with E-state index in [2.05, 4.69) is 9.71 Å². The molecule has 8 heteroatoms. The molecule has 20 heavy (non-hydrogen) atoms. The number of nitrogen functional groups attached to an aromatic ring is 1. The molecular formula is C12H11ClFN3O2S. The van der Waals surface area contributed by atoms with Crippen molar-refractivity contribution in [3.05, 3.63) is 47.0 Å². The minimum atomic E-state index is -4.05. The lowest BCUT2D eigenvalue weighted by Gasteiger charge is -2.12.